The largest absolute Gasteiger partial charge is 0.494 e. The second-order valence-electron chi connectivity index (χ2n) is 7.95. The van der Waals surface area contributed by atoms with E-state index in [-0.39, 0.29) is 17.5 Å². The first kappa shape index (κ1) is 24.3. The number of nitrogens with zero attached hydrogens (tertiary/aromatic N) is 1. The molecule has 1 N–H and O–H groups in total. The summed E-state index contributed by atoms with van der Waals surface area (Å²) >= 11 is 0. The molecular weight excluding hydrogens is 436 g/mol. The van der Waals surface area contributed by atoms with Crippen LogP contribution in [0.4, 0.5) is 5.69 Å². The molecule has 0 heterocycles. The molecule has 0 bridgehead atoms. The Balaban J connectivity index is 1.84. The highest BCUT2D eigenvalue weighted by Gasteiger charge is 2.27. The lowest BCUT2D eigenvalue weighted by Crippen LogP contribution is -2.41. The molecule has 3 aromatic carbocycles. The molecule has 0 aliphatic rings. The molecule has 0 unspecified atom stereocenters. The van der Waals surface area contributed by atoms with Gasteiger partial charge in [-0.2, -0.15) is 0 Å². The van der Waals surface area contributed by atoms with Crippen molar-refractivity contribution in [3.05, 3.63) is 89.5 Å². The van der Waals surface area contributed by atoms with Crippen LogP contribution in [-0.2, 0) is 14.8 Å². The average molecular weight is 467 g/mol. The van der Waals surface area contributed by atoms with Crippen LogP contribution in [0.3, 0.4) is 0 Å². The van der Waals surface area contributed by atoms with Crippen LogP contribution in [0.15, 0.2) is 77.7 Å². The zero-order valence-electron chi connectivity index (χ0n) is 19.4. The van der Waals surface area contributed by atoms with Crippen LogP contribution in [0.5, 0.6) is 5.75 Å². The smallest absolute Gasteiger partial charge is 0.264 e. The average Bonchev–Trinajstić information content (AvgIpc) is 2.78. The number of ether oxygens (including phenoxy) is 1. The monoisotopic (exact) mass is 466 g/mol. The highest BCUT2D eigenvalue weighted by molar-refractivity contribution is 7.92. The van der Waals surface area contributed by atoms with Gasteiger partial charge in [0, 0.05) is 0 Å². The van der Waals surface area contributed by atoms with Crippen molar-refractivity contribution >= 4 is 21.6 Å². The minimum absolute atomic E-state index is 0.141. The molecule has 0 spiro atoms. The van der Waals surface area contributed by atoms with Gasteiger partial charge in [0.1, 0.15) is 12.3 Å². The molecule has 33 heavy (non-hydrogen) atoms. The summed E-state index contributed by atoms with van der Waals surface area (Å²) in [7, 11) is -3.94. The molecule has 1 amide bonds. The summed E-state index contributed by atoms with van der Waals surface area (Å²) in [6.07, 6.45) is 0. The molecular formula is C26H30N2O4S. The summed E-state index contributed by atoms with van der Waals surface area (Å²) in [6, 6.07) is 20.9. The van der Waals surface area contributed by atoms with Crippen molar-refractivity contribution in [2.45, 2.75) is 38.6 Å². The molecule has 3 aromatic rings. The van der Waals surface area contributed by atoms with Crippen molar-refractivity contribution in [3.8, 4) is 5.75 Å². The van der Waals surface area contributed by atoms with Gasteiger partial charge >= 0.3 is 0 Å². The fourth-order valence-electron chi connectivity index (χ4n) is 3.46. The molecule has 0 fully saturated rings. The van der Waals surface area contributed by atoms with E-state index in [9.17, 15) is 13.2 Å². The molecule has 0 saturated carbocycles. The minimum Gasteiger partial charge on any atom is -0.494 e. The second kappa shape index (κ2) is 10.5. The summed E-state index contributed by atoms with van der Waals surface area (Å²) in [5.41, 5.74) is 3.20. The molecule has 7 heteroatoms. The molecule has 0 radical (unpaired) electrons. The van der Waals surface area contributed by atoms with E-state index in [1.54, 1.807) is 42.5 Å². The predicted molar refractivity (Wildman–Crippen MR) is 131 cm³/mol. The van der Waals surface area contributed by atoms with E-state index in [1.807, 2.05) is 58.0 Å². The van der Waals surface area contributed by atoms with Crippen LogP contribution in [0, 0.1) is 13.8 Å². The van der Waals surface area contributed by atoms with E-state index in [0.29, 0.717) is 12.3 Å². The quantitative estimate of drug-likeness (QED) is 0.493. The molecule has 0 aliphatic carbocycles. The maximum absolute atomic E-state index is 13.5. The third-order valence-electron chi connectivity index (χ3n) is 5.25. The van der Waals surface area contributed by atoms with Crippen molar-refractivity contribution in [2.75, 3.05) is 17.5 Å². The van der Waals surface area contributed by atoms with Crippen molar-refractivity contribution in [1.29, 1.82) is 0 Å². The van der Waals surface area contributed by atoms with Crippen LogP contribution in [0.25, 0.3) is 0 Å². The lowest BCUT2D eigenvalue weighted by Gasteiger charge is -2.25. The Bertz CT molecular complexity index is 1190. The van der Waals surface area contributed by atoms with Crippen LogP contribution in [0.2, 0.25) is 0 Å². The predicted octanol–water partition coefficient (Wildman–Crippen LogP) is 4.77. The summed E-state index contributed by atoms with van der Waals surface area (Å²) in [6.45, 7) is 7.80. The number of carbonyl (C=O) groups is 1. The standard InChI is InChI=1S/C26H30N2O4S/c1-5-32-24-13-11-22(12-14-24)21(4)27-26(29)18-28(23-8-6-7-20(3)17-23)33(30,31)25-15-9-19(2)10-16-25/h6-17,21H,5,18H2,1-4H3,(H,27,29)/t21-/m0/s1. The summed E-state index contributed by atoms with van der Waals surface area (Å²) in [5.74, 6) is 0.364. The third kappa shape index (κ3) is 6.14. The van der Waals surface area contributed by atoms with Gasteiger partial charge in [0.05, 0.1) is 23.2 Å². The molecule has 0 saturated heterocycles. The first-order valence-electron chi connectivity index (χ1n) is 10.9. The van der Waals surface area contributed by atoms with Gasteiger partial charge in [-0.05, 0) is 75.2 Å². The number of amides is 1. The maximum Gasteiger partial charge on any atom is 0.264 e. The third-order valence-corrected chi connectivity index (χ3v) is 7.04. The molecule has 6 nitrogen and oxygen atoms in total. The normalized spacial score (nSPS) is 12.1. The van der Waals surface area contributed by atoms with E-state index in [2.05, 4.69) is 5.32 Å². The van der Waals surface area contributed by atoms with Gasteiger partial charge in [-0.3, -0.25) is 9.10 Å². The number of carbonyl (C=O) groups excluding carboxylic acids is 1. The molecule has 174 valence electrons. The van der Waals surface area contributed by atoms with Gasteiger partial charge < -0.3 is 10.1 Å². The number of aryl methyl sites for hydroxylation is 2. The van der Waals surface area contributed by atoms with Crippen LogP contribution < -0.4 is 14.4 Å². The zero-order chi connectivity index (χ0) is 24.0. The van der Waals surface area contributed by atoms with Gasteiger partial charge in [-0.15, -0.1) is 0 Å². The number of benzene rings is 3. The van der Waals surface area contributed by atoms with Gasteiger partial charge in [0.2, 0.25) is 5.91 Å². The lowest BCUT2D eigenvalue weighted by molar-refractivity contribution is -0.120. The van der Waals surface area contributed by atoms with Crippen molar-refractivity contribution < 1.29 is 17.9 Å². The van der Waals surface area contributed by atoms with Crippen molar-refractivity contribution in [3.63, 3.8) is 0 Å². The Hall–Kier alpha value is -3.32. The number of hydrogen-bond acceptors (Lipinski definition) is 4. The fourth-order valence-corrected chi connectivity index (χ4v) is 4.87. The Morgan fingerprint density at radius 2 is 1.64 bits per heavy atom. The molecule has 1 atom stereocenters. The van der Waals surface area contributed by atoms with Crippen molar-refractivity contribution in [1.82, 2.24) is 5.32 Å². The van der Waals surface area contributed by atoms with Gasteiger partial charge in [-0.1, -0.05) is 42.0 Å². The van der Waals surface area contributed by atoms with E-state index < -0.39 is 15.9 Å². The number of nitrogens with one attached hydrogen (secondary N) is 1. The van der Waals surface area contributed by atoms with Gasteiger partial charge in [0.25, 0.3) is 10.0 Å². The lowest BCUT2D eigenvalue weighted by atomic mass is 10.1. The Kier molecular flexibility index (Phi) is 7.76. The summed E-state index contributed by atoms with van der Waals surface area (Å²) in [4.78, 5) is 13.1. The number of hydrogen-bond donors (Lipinski definition) is 1. The maximum atomic E-state index is 13.5. The first-order valence-corrected chi connectivity index (χ1v) is 12.3. The summed E-state index contributed by atoms with van der Waals surface area (Å²) < 4.78 is 33.6. The Morgan fingerprint density at radius 1 is 0.970 bits per heavy atom. The fraction of sp³-hybridized carbons (Fsp3) is 0.269. The van der Waals surface area contributed by atoms with Crippen LogP contribution >= 0.6 is 0 Å². The first-order chi connectivity index (χ1) is 15.7. The highest BCUT2D eigenvalue weighted by Crippen LogP contribution is 2.25. The van der Waals surface area contributed by atoms with Crippen LogP contribution in [0.1, 0.15) is 36.6 Å². The van der Waals surface area contributed by atoms with Gasteiger partial charge in [0.15, 0.2) is 0 Å². The van der Waals surface area contributed by atoms with E-state index in [1.165, 1.54) is 0 Å². The molecule has 3 rings (SSSR count). The zero-order valence-corrected chi connectivity index (χ0v) is 20.2. The Labute approximate surface area is 196 Å². The number of anilines is 1. The number of rotatable bonds is 9. The topological polar surface area (TPSA) is 75.7 Å². The number of sulfonamides is 1. The van der Waals surface area contributed by atoms with E-state index >= 15 is 0 Å². The SMILES string of the molecule is CCOc1ccc([C@H](C)NC(=O)CN(c2cccc(C)c2)S(=O)(=O)c2ccc(C)cc2)cc1. The minimum atomic E-state index is -3.94. The molecule has 0 aromatic heterocycles. The Morgan fingerprint density at radius 3 is 2.24 bits per heavy atom. The van der Waals surface area contributed by atoms with E-state index in [0.717, 1.165) is 26.7 Å². The molecule has 0 aliphatic heterocycles. The van der Waals surface area contributed by atoms with Crippen molar-refractivity contribution in [2.24, 2.45) is 0 Å². The van der Waals surface area contributed by atoms with E-state index in [4.69, 9.17) is 4.74 Å². The summed E-state index contributed by atoms with van der Waals surface area (Å²) in [5, 5.41) is 2.91. The van der Waals surface area contributed by atoms with Gasteiger partial charge in [-0.25, -0.2) is 8.42 Å². The second-order valence-corrected chi connectivity index (χ2v) is 9.82. The van der Waals surface area contributed by atoms with Crippen LogP contribution in [-0.4, -0.2) is 27.5 Å². The highest BCUT2D eigenvalue weighted by atomic mass is 32.2.